The lowest BCUT2D eigenvalue weighted by molar-refractivity contribution is 0.0189. The van der Waals surface area contributed by atoms with Crippen LogP contribution in [0.3, 0.4) is 0 Å². The maximum absolute atomic E-state index is 9.26. The number of aliphatic hydroxyl groups excluding tert-OH is 1. The number of hydrogen-bond acceptors (Lipinski definition) is 3. The fourth-order valence-corrected chi connectivity index (χ4v) is 2.26. The Bertz CT molecular complexity index is 125. The van der Waals surface area contributed by atoms with E-state index in [0.29, 0.717) is 17.1 Å². The topological polar surface area (TPSA) is 38.7 Å². The molecule has 58 valence electrons. The van der Waals surface area contributed by atoms with Gasteiger partial charge in [-0.15, -0.1) is 0 Å². The third-order valence-electron chi connectivity index (χ3n) is 1.97. The van der Waals surface area contributed by atoms with Crippen molar-refractivity contribution in [3.8, 4) is 0 Å². The molecule has 10 heavy (non-hydrogen) atoms. The quantitative estimate of drug-likeness (QED) is 0.488. The van der Waals surface area contributed by atoms with Crippen LogP contribution in [-0.2, 0) is 9.47 Å². The summed E-state index contributed by atoms with van der Waals surface area (Å²) in [6, 6.07) is 0. The molecule has 3 nitrogen and oxygen atoms in total. The summed E-state index contributed by atoms with van der Waals surface area (Å²) in [5.41, 5.74) is 0. The van der Waals surface area contributed by atoms with E-state index >= 15 is 0 Å². The maximum Gasteiger partial charge on any atom is 0.113 e. The number of hydrogen-bond donors (Lipinski definition) is 1. The first-order chi connectivity index (χ1) is 4.79. The van der Waals surface area contributed by atoms with Crippen LogP contribution in [0, 0.1) is 0 Å². The second kappa shape index (κ2) is 2.58. The number of fused-ring (bicyclic) bond motifs is 1. The van der Waals surface area contributed by atoms with Crippen molar-refractivity contribution in [2.75, 3.05) is 13.2 Å². The van der Waals surface area contributed by atoms with E-state index in [9.17, 15) is 5.11 Å². The van der Waals surface area contributed by atoms with Gasteiger partial charge in [-0.05, 0) is 0 Å². The van der Waals surface area contributed by atoms with Crippen LogP contribution in [0.25, 0.3) is 0 Å². The monoisotopic (exact) mass is 256 g/mol. The highest BCUT2D eigenvalue weighted by molar-refractivity contribution is 14.1. The number of alkyl halides is 1. The molecule has 0 radical (unpaired) electrons. The molecule has 2 rings (SSSR count). The average molecular weight is 256 g/mol. The molecule has 0 aromatic carbocycles. The summed E-state index contributed by atoms with van der Waals surface area (Å²) >= 11 is 2.30. The Morgan fingerprint density at radius 2 is 1.90 bits per heavy atom. The third kappa shape index (κ3) is 0.975. The smallest absolute Gasteiger partial charge is 0.113 e. The highest BCUT2D eigenvalue weighted by Gasteiger charge is 2.45. The molecule has 4 heteroatoms. The molecule has 0 amide bonds. The highest BCUT2D eigenvalue weighted by Crippen LogP contribution is 2.30. The number of rotatable bonds is 0. The molecule has 0 bridgehead atoms. The molecule has 0 spiro atoms. The van der Waals surface area contributed by atoms with Crippen LogP contribution >= 0.6 is 22.6 Å². The van der Waals surface area contributed by atoms with Gasteiger partial charge in [0.25, 0.3) is 0 Å². The molecule has 2 fully saturated rings. The second-order valence-electron chi connectivity index (χ2n) is 2.68. The van der Waals surface area contributed by atoms with E-state index in [-0.39, 0.29) is 12.2 Å². The number of halogens is 1. The molecule has 2 heterocycles. The zero-order chi connectivity index (χ0) is 7.14. The Labute approximate surface area is 72.8 Å². The SMILES string of the molecule is OC1CO[C@@H]2C(I)CO[C@H]12. The van der Waals surface area contributed by atoms with Crippen LogP contribution in [0.5, 0.6) is 0 Å². The maximum atomic E-state index is 9.26. The van der Waals surface area contributed by atoms with E-state index in [1.807, 2.05) is 0 Å². The van der Waals surface area contributed by atoms with E-state index in [2.05, 4.69) is 22.6 Å². The summed E-state index contributed by atoms with van der Waals surface area (Å²) in [5.74, 6) is 0. The van der Waals surface area contributed by atoms with Gasteiger partial charge in [0.05, 0.1) is 17.1 Å². The summed E-state index contributed by atoms with van der Waals surface area (Å²) in [4.78, 5) is 0. The summed E-state index contributed by atoms with van der Waals surface area (Å²) < 4.78 is 11.1. The van der Waals surface area contributed by atoms with E-state index in [4.69, 9.17) is 9.47 Å². The van der Waals surface area contributed by atoms with Crippen LogP contribution in [0.1, 0.15) is 0 Å². The van der Waals surface area contributed by atoms with Crippen LogP contribution in [0.15, 0.2) is 0 Å². The first kappa shape index (κ1) is 7.27. The Hall–Kier alpha value is 0.610. The lowest BCUT2D eigenvalue weighted by Crippen LogP contribution is -2.28. The molecule has 2 aliphatic rings. The third-order valence-corrected chi connectivity index (χ3v) is 3.04. The van der Waals surface area contributed by atoms with Gasteiger partial charge >= 0.3 is 0 Å². The van der Waals surface area contributed by atoms with Gasteiger partial charge in [0.15, 0.2) is 0 Å². The minimum Gasteiger partial charge on any atom is -0.388 e. The summed E-state index contributed by atoms with van der Waals surface area (Å²) in [7, 11) is 0. The normalized spacial score (nSPS) is 53.4. The van der Waals surface area contributed by atoms with Crippen LogP contribution in [-0.4, -0.2) is 40.6 Å². The summed E-state index contributed by atoms with van der Waals surface area (Å²) in [6.45, 7) is 1.15. The largest absolute Gasteiger partial charge is 0.388 e. The van der Waals surface area contributed by atoms with Crippen molar-refractivity contribution in [2.24, 2.45) is 0 Å². The summed E-state index contributed by atoms with van der Waals surface area (Å²) in [6.07, 6.45) is -0.317. The minimum atomic E-state index is -0.398. The van der Waals surface area contributed by atoms with Gasteiger partial charge < -0.3 is 14.6 Å². The van der Waals surface area contributed by atoms with Crippen molar-refractivity contribution < 1.29 is 14.6 Å². The Kier molecular flexibility index (Phi) is 1.88. The summed E-state index contributed by atoms with van der Waals surface area (Å²) in [5, 5.41) is 9.26. The Morgan fingerprint density at radius 3 is 2.60 bits per heavy atom. The van der Waals surface area contributed by atoms with Gasteiger partial charge in [0.2, 0.25) is 0 Å². The molecular formula is C6H9IO3. The van der Waals surface area contributed by atoms with Crippen molar-refractivity contribution in [1.82, 2.24) is 0 Å². The van der Waals surface area contributed by atoms with Crippen LogP contribution < -0.4 is 0 Å². The first-order valence-corrected chi connectivity index (χ1v) is 4.59. The highest BCUT2D eigenvalue weighted by atomic mass is 127. The van der Waals surface area contributed by atoms with Crippen molar-refractivity contribution in [3.05, 3.63) is 0 Å². The van der Waals surface area contributed by atoms with E-state index in [1.165, 1.54) is 0 Å². The van der Waals surface area contributed by atoms with E-state index < -0.39 is 6.10 Å². The molecule has 2 aliphatic heterocycles. The molecule has 1 N–H and O–H groups in total. The minimum absolute atomic E-state index is 0.0538. The Balaban J connectivity index is 2.09. The van der Waals surface area contributed by atoms with Gasteiger partial charge in [0.1, 0.15) is 18.3 Å². The number of ether oxygens (including phenoxy) is 2. The predicted octanol–water partition coefficient (Wildman–Crippen LogP) is -0.0515. The van der Waals surface area contributed by atoms with Gasteiger partial charge in [-0.1, -0.05) is 22.6 Å². The van der Waals surface area contributed by atoms with Crippen LogP contribution in [0.4, 0.5) is 0 Å². The zero-order valence-electron chi connectivity index (χ0n) is 5.37. The van der Waals surface area contributed by atoms with E-state index in [0.717, 1.165) is 0 Å². The van der Waals surface area contributed by atoms with Crippen molar-refractivity contribution in [2.45, 2.75) is 22.2 Å². The molecule has 4 atom stereocenters. The fourth-order valence-electron chi connectivity index (χ4n) is 1.43. The lowest BCUT2D eigenvalue weighted by atomic mass is 10.1. The Morgan fingerprint density at radius 1 is 1.20 bits per heavy atom. The standard InChI is InChI=1S/C6H9IO3/c7-3-1-9-6-4(8)2-10-5(3)6/h3-6,8H,1-2H2/t3?,4?,5-,6-/m1/s1. The first-order valence-electron chi connectivity index (χ1n) is 3.34. The zero-order valence-corrected chi connectivity index (χ0v) is 7.52. The van der Waals surface area contributed by atoms with Gasteiger partial charge in [-0.2, -0.15) is 0 Å². The molecule has 0 saturated carbocycles. The van der Waals surface area contributed by atoms with Gasteiger partial charge in [-0.3, -0.25) is 0 Å². The number of aliphatic hydroxyl groups is 1. The average Bonchev–Trinajstić information content (AvgIpc) is 2.41. The molecule has 2 unspecified atom stereocenters. The molecule has 0 aliphatic carbocycles. The fraction of sp³-hybridized carbons (Fsp3) is 1.00. The predicted molar refractivity (Wildman–Crippen MR) is 43.3 cm³/mol. The van der Waals surface area contributed by atoms with Gasteiger partial charge in [0, 0.05) is 0 Å². The van der Waals surface area contributed by atoms with Gasteiger partial charge in [-0.25, -0.2) is 0 Å². The van der Waals surface area contributed by atoms with Crippen molar-refractivity contribution in [1.29, 1.82) is 0 Å². The van der Waals surface area contributed by atoms with Crippen LogP contribution in [0.2, 0.25) is 0 Å². The molecule has 2 saturated heterocycles. The molecule has 0 aromatic heterocycles. The second-order valence-corrected chi connectivity index (χ2v) is 4.28. The molecular weight excluding hydrogens is 247 g/mol. The lowest BCUT2D eigenvalue weighted by Gasteiger charge is -2.09. The molecule has 0 aromatic rings. The van der Waals surface area contributed by atoms with Crippen molar-refractivity contribution >= 4 is 22.6 Å². The van der Waals surface area contributed by atoms with E-state index in [1.54, 1.807) is 0 Å². The van der Waals surface area contributed by atoms with Crippen molar-refractivity contribution in [3.63, 3.8) is 0 Å².